The third kappa shape index (κ3) is 3.43. The maximum atomic E-state index is 12.5. The van der Waals surface area contributed by atoms with Crippen LogP contribution in [0.4, 0.5) is 0 Å². The Bertz CT molecular complexity index is 1280. The van der Waals surface area contributed by atoms with Crippen molar-refractivity contribution in [2.75, 3.05) is 7.11 Å². The second-order valence-corrected chi connectivity index (χ2v) is 6.94. The van der Waals surface area contributed by atoms with Crippen molar-refractivity contribution in [1.29, 1.82) is 5.26 Å². The number of ether oxygens (including phenoxy) is 1. The van der Waals surface area contributed by atoms with Gasteiger partial charge in [-0.25, -0.2) is 4.98 Å². The van der Waals surface area contributed by atoms with Gasteiger partial charge < -0.3 is 9.72 Å². The van der Waals surface area contributed by atoms with E-state index < -0.39 is 0 Å². The van der Waals surface area contributed by atoms with Gasteiger partial charge >= 0.3 is 0 Å². The Morgan fingerprint density at radius 3 is 2.79 bits per heavy atom. The van der Waals surface area contributed by atoms with Gasteiger partial charge in [0, 0.05) is 22.6 Å². The fourth-order valence-corrected chi connectivity index (χ4v) is 3.66. The summed E-state index contributed by atoms with van der Waals surface area (Å²) in [5.74, 6) is 0.667. The fraction of sp³-hybridized carbons (Fsp3) is 0.0455. The topological polar surface area (TPSA) is 78.8 Å². The number of nitrogens with one attached hydrogen (secondary N) is 1. The van der Waals surface area contributed by atoms with Crippen molar-refractivity contribution >= 4 is 33.9 Å². The van der Waals surface area contributed by atoms with Crippen LogP contribution in [0, 0.1) is 11.3 Å². The highest BCUT2D eigenvalue weighted by atomic mass is 32.1. The zero-order valence-electron chi connectivity index (χ0n) is 15.0. The Kier molecular flexibility index (Phi) is 4.75. The monoisotopic (exact) mass is 385 g/mol. The molecule has 0 aliphatic heterocycles. The highest BCUT2D eigenvalue weighted by Crippen LogP contribution is 2.27. The molecule has 0 bridgehead atoms. The lowest BCUT2D eigenvalue weighted by Gasteiger charge is -2.03. The van der Waals surface area contributed by atoms with Crippen LogP contribution in [0.25, 0.3) is 33.8 Å². The van der Waals surface area contributed by atoms with Crippen molar-refractivity contribution in [3.8, 4) is 23.1 Å². The van der Waals surface area contributed by atoms with Crippen molar-refractivity contribution in [1.82, 2.24) is 9.97 Å². The molecule has 0 atom stereocenters. The zero-order valence-corrected chi connectivity index (χ0v) is 15.8. The van der Waals surface area contributed by atoms with Gasteiger partial charge in [0.15, 0.2) is 0 Å². The molecule has 1 N–H and O–H groups in total. The number of benzene rings is 2. The highest BCUT2D eigenvalue weighted by molar-refractivity contribution is 7.11. The summed E-state index contributed by atoms with van der Waals surface area (Å²) in [6.45, 7) is 0. The van der Waals surface area contributed by atoms with Crippen LogP contribution in [0.2, 0.25) is 0 Å². The molecule has 0 radical (unpaired) electrons. The van der Waals surface area contributed by atoms with E-state index in [-0.39, 0.29) is 5.56 Å². The molecule has 0 saturated heterocycles. The average molecular weight is 385 g/mol. The standard InChI is InChI=1S/C22H15N3O2S/c1-27-18-8-7-15-9-16(21(26)24-19(15)11-18)10-17(12-23)22-25-20(13-28-22)14-5-3-2-4-6-14/h2-11,13H,1H3,(H,24,26). The first-order valence-electron chi connectivity index (χ1n) is 8.52. The van der Waals surface area contributed by atoms with Crippen LogP contribution in [0.3, 0.4) is 0 Å². The third-order valence-corrected chi connectivity index (χ3v) is 5.18. The van der Waals surface area contributed by atoms with E-state index in [0.717, 1.165) is 16.6 Å². The van der Waals surface area contributed by atoms with E-state index in [1.165, 1.54) is 11.3 Å². The predicted octanol–water partition coefficient (Wildman–Crippen LogP) is 4.72. The molecule has 4 rings (SSSR count). The Balaban J connectivity index is 1.75. The van der Waals surface area contributed by atoms with E-state index in [2.05, 4.69) is 16.0 Å². The molecule has 0 fully saturated rings. The Hall–Kier alpha value is -3.69. The van der Waals surface area contributed by atoms with Gasteiger partial charge in [-0.2, -0.15) is 5.26 Å². The molecule has 28 heavy (non-hydrogen) atoms. The summed E-state index contributed by atoms with van der Waals surface area (Å²) in [6.07, 6.45) is 1.58. The smallest absolute Gasteiger partial charge is 0.255 e. The van der Waals surface area contributed by atoms with E-state index in [1.54, 1.807) is 25.3 Å². The van der Waals surface area contributed by atoms with E-state index in [9.17, 15) is 10.1 Å². The summed E-state index contributed by atoms with van der Waals surface area (Å²) in [7, 11) is 1.58. The lowest BCUT2D eigenvalue weighted by Crippen LogP contribution is -2.09. The van der Waals surface area contributed by atoms with Crippen LogP contribution < -0.4 is 10.3 Å². The molecule has 0 aliphatic carbocycles. The molecule has 2 heterocycles. The minimum absolute atomic E-state index is 0.270. The molecular weight excluding hydrogens is 370 g/mol. The number of nitriles is 1. The normalized spacial score (nSPS) is 11.4. The number of aromatic amines is 1. The van der Waals surface area contributed by atoms with Gasteiger partial charge in [-0.05, 0) is 29.7 Å². The molecule has 5 nitrogen and oxygen atoms in total. The average Bonchev–Trinajstić information content (AvgIpc) is 3.22. The molecule has 0 saturated carbocycles. The number of nitrogens with zero attached hydrogens (tertiary/aromatic N) is 2. The van der Waals surface area contributed by atoms with Gasteiger partial charge in [-0.1, -0.05) is 30.3 Å². The zero-order chi connectivity index (χ0) is 19.5. The minimum atomic E-state index is -0.270. The summed E-state index contributed by atoms with van der Waals surface area (Å²) in [5, 5.41) is 13.0. The number of thiazole rings is 1. The van der Waals surface area contributed by atoms with E-state index >= 15 is 0 Å². The molecule has 2 aromatic heterocycles. The quantitative estimate of drug-likeness (QED) is 0.515. The molecular formula is C22H15N3O2S. The van der Waals surface area contributed by atoms with Crippen LogP contribution in [0.1, 0.15) is 10.6 Å². The Labute approximate surface area is 165 Å². The summed E-state index contributed by atoms with van der Waals surface area (Å²) in [5.41, 5.74) is 2.96. The summed E-state index contributed by atoms with van der Waals surface area (Å²) in [6, 6.07) is 19.1. The number of pyridine rings is 1. The molecule has 6 heteroatoms. The Morgan fingerprint density at radius 2 is 2.04 bits per heavy atom. The molecule has 0 unspecified atom stereocenters. The number of aromatic nitrogens is 2. The number of fused-ring (bicyclic) bond motifs is 1. The summed E-state index contributed by atoms with van der Waals surface area (Å²) >= 11 is 1.38. The lowest BCUT2D eigenvalue weighted by atomic mass is 10.1. The van der Waals surface area contributed by atoms with E-state index in [1.807, 2.05) is 47.8 Å². The van der Waals surface area contributed by atoms with Crippen LogP contribution in [-0.2, 0) is 0 Å². The van der Waals surface area contributed by atoms with E-state index in [4.69, 9.17) is 4.74 Å². The predicted molar refractivity (Wildman–Crippen MR) is 112 cm³/mol. The van der Waals surface area contributed by atoms with Crippen molar-refractivity contribution in [3.05, 3.63) is 80.9 Å². The summed E-state index contributed by atoms with van der Waals surface area (Å²) < 4.78 is 5.19. The second-order valence-electron chi connectivity index (χ2n) is 6.08. The van der Waals surface area contributed by atoms with Crippen LogP contribution >= 0.6 is 11.3 Å². The number of allylic oxidation sites excluding steroid dienone is 1. The maximum Gasteiger partial charge on any atom is 0.255 e. The summed E-state index contributed by atoms with van der Waals surface area (Å²) in [4.78, 5) is 19.9. The van der Waals surface area contributed by atoms with Crippen molar-refractivity contribution in [3.63, 3.8) is 0 Å². The van der Waals surface area contributed by atoms with Gasteiger partial charge in [0.05, 0.1) is 23.9 Å². The van der Waals surface area contributed by atoms with Crippen LogP contribution in [-0.4, -0.2) is 17.1 Å². The molecule has 0 spiro atoms. The lowest BCUT2D eigenvalue weighted by molar-refractivity contribution is 0.415. The number of hydrogen-bond acceptors (Lipinski definition) is 5. The third-order valence-electron chi connectivity index (χ3n) is 4.31. The largest absolute Gasteiger partial charge is 0.497 e. The van der Waals surface area contributed by atoms with Crippen molar-refractivity contribution < 1.29 is 4.74 Å². The van der Waals surface area contributed by atoms with Crippen molar-refractivity contribution in [2.24, 2.45) is 0 Å². The first kappa shape index (κ1) is 17.7. The van der Waals surface area contributed by atoms with E-state index in [0.29, 0.717) is 27.4 Å². The molecule has 0 aliphatic rings. The molecule has 136 valence electrons. The van der Waals surface area contributed by atoms with Gasteiger partial charge in [0.1, 0.15) is 16.8 Å². The number of rotatable bonds is 4. The second kappa shape index (κ2) is 7.51. The van der Waals surface area contributed by atoms with Crippen molar-refractivity contribution in [2.45, 2.75) is 0 Å². The number of methoxy groups -OCH3 is 1. The van der Waals surface area contributed by atoms with Gasteiger partial charge in [0.2, 0.25) is 0 Å². The van der Waals surface area contributed by atoms with Crippen LogP contribution in [0.15, 0.2) is 64.8 Å². The van der Waals surface area contributed by atoms with Gasteiger partial charge in [-0.3, -0.25) is 4.79 Å². The first-order valence-corrected chi connectivity index (χ1v) is 9.40. The van der Waals surface area contributed by atoms with Gasteiger partial charge in [0.25, 0.3) is 5.56 Å². The fourth-order valence-electron chi connectivity index (χ4n) is 2.87. The number of H-pyrrole nitrogens is 1. The molecule has 0 amide bonds. The maximum absolute atomic E-state index is 12.5. The molecule has 2 aromatic carbocycles. The number of hydrogen-bond donors (Lipinski definition) is 1. The first-order chi connectivity index (χ1) is 13.7. The minimum Gasteiger partial charge on any atom is -0.497 e. The SMILES string of the molecule is COc1ccc2cc(C=C(C#N)c3nc(-c4ccccc4)cs3)c(=O)[nH]c2c1. The Morgan fingerprint density at radius 1 is 1.21 bits per heavy atom. The van der Waals surface area contributed by atoms with Gasteiger partial charge in [-0.15, -0.1) is 11.3 Å². The van der Waals surface area contributed by atoms with Crippen LogP contribution in [0.5, 0.6) is 5.75 Å². The molecule has 4 aromatic rings. The highest BCUT2D eigenvalue weighted by Gasteiger charge is 2.11.